The largest absolute Gasteiger partial charge is 0.481 e. The van der Waals surface area contributed by atoms with E-state index in [4.69, 9.17) is 5.11 Å². The fraction of sp³-hybridized carbons (Fsp3) is 0.700. The number of rotatable bonds is 2. The van der Waals surface area contributed by atoms with E-state index in [1.807, 2.05) is 27.7 Å². The zero-order valence-electron chi connectivity index (χ0n) is 8.09. The van der Waals surface area contributed by atoms with Gasteiger partial charge in [-0.25, -0.2) is 0 Å². The smallest absolute Gasteiger partial charge is 0.307 e. The molecule has 2 atom stereocenters. The van der Waals surface area contributed by atoms with Gasteiger partial charge in [-0.15, -0.1) is 0 Å². The summed E-state index contributed by atoms with van der Waals surface area (Å²) in [5, 5.41) is 8.84. The Labute approximate surface area is 73.3 Å². The third-order valence-electron chi connectivity index (χ3n) is 2.69. The van der Waals surface area contributed by atoms with Crippen molar-refractivity contribution in [2.45, 2.75) is 27.7 Å². The Kier molecular flexibility index (Phi) is 2.02. The van der Waals surface area contributed by atoms with Gasteiger partial charge in [-0.1, -0.05) is 25.5 Å². The molecule has 0 aromatic carbocycles. The van der Waals surface area contributed by atoms with Crippen molar-refractivity contribution >= 4 is 5.97 Å². The Hall–Kier alpha value is -0.790. The molecule has 1 aliphatic rings. The molecule has 0 amide bonds. The average Bonchev–Trinajstić information content (AvgIpc) is 2.32. The molecular weight excluding hydrogens is 152 g/mol. The van der Waals surface area contributed by atoms with Crippen LogP contribution >= 0.6 is 0 Å². The van der Waals surface area contributed by atoms with Crippen LogP contribution in [0.1, 0.15) is 27.7 Å². The molecule has 0 radical (unpaired) electrons. The van der Waals surface area contributed by atoms with Gasteiger partial charge in [-0.2, -0.15) is 0 Å². The lowest BCUT2D eigenvalue weighted by molar-refractivity contribution is -0.139. The number of carboxylic acid groups (broad SMARTS) is 1. The van der Waals surface area contributed by atoms with E-state index in [0.717, 1.165) is 0 Å². The Balaban J connectivity index is 2.73. The van der Waals surface area contributed by atoms with Crippen LogP contribution in [0, 0.1) is 17.3 Å². The van der Waals surface area contributed by atoms with Crippen molar-refractivity contribution in [1.82, 2.24) is 0 Å². The van der Waals surface area contributed by atoms with Crippen LogP contribution in [0.3, 0.4) is 0 Å². The summed E-state index contributed by atoms with van der Waals surface area (Å²) in [5.74, 6) is -0.602. The molecule has 12 heavy (non-hydrogen) atoms. The fourth-order valence-corrected chi connectivity index (χ4v) is 1.82. The van der Waals surface area contributed by atoms with Crippen LogP contribution in [0.2, 0.25) is 0 Å². The van der Waals surface area contributed by atoms with E-state index in [-0.39, 0.29) is 17.3 Å². The quantitative estimate of drug-likeness (QED) is 0.642. The van der Waals surface area contributed by atoms with Gasteiger partial charge in [-0.05, 0) is 25.2 Å². The summed E-state index contributed by atoms with van der Waals surface area (Å²) in [4.78, 5) is 10.7. The maximum Gasteiger partial charge on any atom is 0.307 e. The number of carbonyl (C=O) groups is 1. The standard InChI is InChI=1S/C10H16O2/c1-6(2)5-7-8(9(11)12)10(7,3)4/h5,7-8H,1-4H3,(H,11,12)/t7-,8?/m1/s1. The number of aliphatic carboxylic acids is 1. The normalized spacial score (nSPS) is 31.0. The highest BCUT2D eigenvalue weighted by molar-refractivity contribution is 5.76. The van der Waals surface area contributed by atoms with Crippen molar-refractivity contribution < 1.29 is 9.90 Å². The highest BCUT2D eigenvalue weighted by atomic mass is 16.4. The summed E-state index contributed by atoms with van der Waals surface area (Å²) in [6, 6.07) is 0. The first-order valence-corrected chi connectivity index (χ1v) is 4.25. The molecule has 0 aliphatic heterocycles. The lowest BCUT2D eigenvalue weighted by atomic mass is 10.1. The molecule has 1 aliphatic carbocycles. The molecule has 0 heterocycles. The van der Waals surface area contributed by atoms with E-state index in [0.29, 0.717) is 0 Å². The van der Waals surface area contributed by atoms with Gasteiger partial charge in [0.1, 0.15) is 0 Å². The maximum atomic E-state index is 10.7. The first-order chi connectivity index (χ1) is 5.37. The lowest BCUT2D eigenvalue weighted by Crippen LogP contribution is -2.02. The van der Waals surface area contributed by atoms with Crippen LogP contribution in [0.4, 0.5) is 0 Å². The zero-order valence-corrected chi connectivity index (χ0v) is 8.09. The second kappa shape index (κ2) is 2.61. The van der Waals surface area contributed by atoms with Crippen LogP contribution in [0.5, 0.6) is 0 Å². The Bertz CT molecular complexity index is 234. The molecule has 0 spiro atoms. The summed E-state index contributed by atoms with van der Waals surface area (Å²) in [6.07, 6.45) is 2.07. The average molecular weight is 168 g/mol. The summed E-state index contributed by atoms with van der Waals surface area (Å²) >= 11 is 0. The molecule has 1 saturated carbocycles. The van der Waals surface area contributed by atoms with Crippen LogP contribution < -0.4 is 0 Å². The molecule has 2 nitrogen and oxygen atoms in total. The van der Waals surface area contributed by atoms with E-state index >= 15 is 0 Å². The van der Waals surface area contributed by atoms with Gasteiger partial charge in [0.05, 0.1) is 5.92 Å². The molecule has 1 rings (SSSR count). The van der Waals surface area contributed by atoms with Crippen LogP contribution in [-0.4, -0.2) is 11.1 Å². The molecule has 0 saturated heterocycles. The third-order valence-corrected chi connectivity index (χ3v) is 2.69. The van der Waals surface area contributed by atoms with E-state index in [2.05, 4.69) is 6.08 Å². The number of allylic oxidation sites excluding steroid dienone is 2. The molecule has 68 valence electrons. The summed E-state index contributed by atoms with van der Waals surface area (Å²) < 4.78 is 0. The number of hydrogen-bond acceptors (Lipinski definition) is 1. The zero-order chi connectivity index (χ0) is 9.52. The van der Waals surface area contributed by atoms with E-state index in [1.54, 1.807) is 0 Å². The first kappa shape index (κ1) is 9.30. The van der Waals surface area contributed by atoms with E-state index in [9.17, 15) is 4.79 Å². The lowest BCUT2D eigenvalue weighted by Gasteiger charge is -1.96. The maximum absolute atomic E-state index is 10.7. The van der Waals surface area contributed by atoms with Crippen molar-refractivity contribution in [2.24, 2.45) is 17.3 Å². The molecule has 1 N–H and O–H groups in total. The highest BCUT2D eigenvalue weighted by Crippen LogP contribution is 2.59. The summed E-state index contributed by atoms with van der Waals surface area (Å²) in [6.45, 7) is 8.03. The summed E-state index contributed by atoms with van der Waals surface area (Å²) in [7, 11) is 0. The van der Waals surface area contributed by atoms with E-state index in [1.165, 1.54) is 5.57 Å². The Morgan fingerprint density at radius 2 is 1.92 bits per heavy atom. The molecular formula is C10H16O2. The minimum atomic E-state index is -0.664. The topological polar surface area (TPSA) is 37.3 Å². The molecule has 2 heteroatoms. The van der Waals surface area contributed by atoms with Gasteiger partial charge in [0.25, 0.3) is 0 Å². The van der Waals surface area contributed by atoms with Crippen LogP contribution in [-0.2, 0) is 4.79 Å². The molecule has 0 aromatic heterocycles. The SMILES string of the molecule is CC(C)=C[C@@H]1C(C(=O)O)C1(C)C. The monoisotopic (exact) mass is 168 g/mol. The van der Waals surface area contributed by atoms with Gasteiger partial charge in [0, 0.05) is 0 Å². The molecule has 1 fully saturated rings. The van der Waals surface area contributed by atoms with Gasteiger partial charge < -0.3 is 5.11 Å². The van der Waals surface area contributed by atoms with Crippen LogP contribution in [0.15, 0.2) is 11.6 Å². The van der Waals surface area contributed by atoms with Gasteiger partial charge in [-0.3, -0.25) is 4.79 Å². The van der Waals surface area contributed by atoms with Crippen molar-refractivity contribution in [3.8, 4) is 0 Å². The Morgan fingerprint density at radius 1 is 1.42 bits per heavy atom. The second-order valence-electron chi connectivity index (χ2n) is 4.41. The molecule has 0 bridgehead atoms. The molecule has 0 aromatic rings. The predicted octanol–water partition coefficient (Wildman–Crippen LogP) is 2.31. The minimum absolute atomic E-state index is 0.0386. The number of hydrogen-bond donors (Lipinski definition) is 1. The van der Waals surface area contributed by atoms with Crippen molar-refractivity contribution in [1.29, 1.82) is 0 Å². The van der Waals surface area contributed by atoms with Crippen molar-refractivity contribution in [3.05, 3.63) is 11.6 Å². The van der Waals surface area contributed by atoms with Crippen molar-refractivity contribution in [2.75, 3.05) is 0 Å². The third kappa shape index (κ3) is 1.38. The Morgan fingerprint density at radius 3 is 2.17 bits per heavy atom. The predicted molar refractivity (Wildman–Crippen MR) is 47.8 cm³/mol. The first-order valence-electron chi connectivity index (χ1n) is 4.25. The second-order valence-corrected chi connectivity index (χ2v) is 4.41. The van der Waals surface area contributed by atoms with Crippen molar-refractivity contribution in [3.63, 3.8) is 0 Å². The van der Waals surface area contributed by atoms with Gasteiger partial charge in [0.2, 0.25) is 0 Å². The fourth-order valence-electron chi connectivity index (χ4n) is 1.82. The molecule has 1 unspecified atom stereocenters. The van der Waals surface area contributed by atoms with Crippen LogP contribution in [0.25, 0.3) is 0 Å². The minimum Gasteiger partial charge on any atom is -0.481 e. The highest BCUT2D eigenvalue weighted by Gasteiger charge is 2.60. The van der Waals surface area contributed by atoms with E-state index < -0.39 is 5.97 Å². The van der Waals surface area contributed by atoms with Gasteiger partial charge >= 0.3 is 5.97 Å². The number of carboxylic acids is 1. The summed E-state index contributed by atoms with van der Waals surface area (Å²) in [5.41, 5.74) is 1.17. The van der Waals surface area contributed by atoms with Gasteiger partial charge in [0.15, 0.2) is 0 Å².